The number of hydrogen-bond donors (Lipinski definition) is 0. The molecule has 0 amide bonds. The quantitative estimate of drug-likeness (QED) is 0.450. The standard InChI is InChI=1S/C19H22.C5H10.C2H6/c1-3-14-12-15-9-5-4-8-13(2)18-16-10-6-7-11-17(16)19(14,15)18;1-4-5(2)3;1-2/h4,6-8,10-13,15,18H,3,5,9H2,1-2H3;4H,1-3H3;1-2H3/b8-4-;;. The van der Waals surface area contributed by atoms with Gasteiger partial charge < -0.3 is 0 Å². The monoisotopic (exact) mass is 350 g/mol. The predicted molar refractivity (Wildman–Crippen MR) is 117 cm³/mol. The SMILES string of the molecule is CC.CC=C(C)C.CCC1=CC2CC/C=C\C(C)C3c4ccccc4C123. The van der Waals surface area contributed by atoms with Gasteiger partial charge in [-0.25, -0.2) is 0 Å². The van der Waals surface area contributed by atoms with Gasteiger partial charge in [-0.1, -0.05) is 87.4 Å². The third-order valence-electron chi connectivity index (χ3n) is 6.32. The minimum atomic E-state index is 0.412. The first kappa shape index (κ1) is 20.7. The Hall–Kier alpha value is -1.56. The molecule has 3 aliphatic carbocycles. The minimum absolute atomic E-state index is 0.412. The highest BCUT2D eigenvalue weighted by Crippen LogP contribution is 2.69. The van der Waals surface area contributed by atoms with Crippen molar-refractivity contribution in [2.75, 3.05) is 0 Å². The Bertz CT molecular complexity index is 684. The van der Waals surface area contributed by atoms with Gasteiger partial charge in [0.05, 0.1) is 0 Å². The van der Waals surface area contributed by atoms with Crippen molar-refractivity contribution in [3.8, 4) is 0 Å². The third kappa shape index (κ3) is 3.24. The molecule has 0 heteroatoms. The van der Waals surface area contributed by atoms with Crippen LogP contribution in [0.1, 0.15) is 84.8 Å². The van der Waals surface area contributed by atoms with E-state index < -0.39 is 0 Å². The first-order chi connectivity index (χ1) is 12.6. The van der Waals surface area contributed by atoms with Gasteiger partial charge in [-0.15, -0.1) is 0 Å². The number of fused-ring (bicyclic) bond motifs is 2. The molecule has 0 nitrogen and oxygen atoms in total. The summed E-state index contributed by atoms with van der Waals surface area (Å²) in [6.45, 7) is 14.9. The van der Waals surface area contributed by atoms with Crippen molar-refractivity contribution in [1.82, 2.24) is 0 Å². The maximum atomic E-state index is 2.58. The summed E-state index contributed by atoms with van der Waals surface area (Å²) in [5.41, 5.74) is 6.76. The van der Waals surface area contributed by atoms with E-state index in [0.717, 1.165) is 11.8 Å². The average molecular weight is 351 g/mol. The Morgan fingerprint density at radius 1 is 1.19 bits per heavy atom. The lowest BCUT2D eigenvalue weighted by molar-refractivity contribution is 0.171. The molecule has 0 heterocycles. The topological polar surface area (TPSA) is 0 Å². The molecular weight excluding hydrogens is 312 g/mol. The fraction of sp³-hybridized carbons (Fsp3) is 0.538. The lowest BCUT2D eigenvalue weighted by Gasteiger charge is -2.63. The van der Waals surface area contributed by atoms with Crippen LogP contribution in [0.4, 0.5) is 0 Å². The molecule has 142 valence electrons. The van der Waals surface area contributed by atoms with E-state index in [9.17, 15) is 0 Å². The summed E-state index contributed by atoms with van der Waals surface area (Å²) in [6.07, 6.45) is 13.3. The minimum Gasteiger partial charge on any atom is -0.0890 e. The summed E-state index contributed by atoms with van der Waals surface area (Å²) in [5.74, 6) is 2.19. The van der Waals surface area contributed by atoms with E-state index in [1.807, 2.05) is 20.8 Å². The predicted octanol–water partition coefficient (Wildman–Crippen LogP) is 7.97. The van der Waals surface area contributed by atoms with Gasteiger partial charge >= 0.3 is 0 Å². The Balaban J connectivity index is 0.000000304. The molecule has 0 aliphatic heterocycles. The Morgan fingerprint density at radius 3 is 2.46 bits per heavy atom. The van der Waals surface area contributed by atoms with E-state index >= 15 is 0 Å². The fourth-order valence-electron chi connectivity index (χ4n) is 5.05. The van der Waals surface area contributed by atoms with E-state index in [-0.39, 0.29) is 0 Å². The molecule has 26 heavy (non-hydrogen) atoms. The van der Waals surface area contributed by atoms with Crippen LogP contribution in [-0.2, 0) is 5.41 Å². The molecule has 1 aromatic carbocycles. The summed E-state index contributed by atoms with van der Waals surface area (Å²) in [5, 5.41) is 0. The largest absolute Gasteiger partial charge is 0.0890 e. The highest BCUT2D eigenvalue weighted by atomic mass is 14.6. The molecule has 0 fully saturated rings. The number of benzene rings is 1. The second kappa shape index (κ2) is 8.89. The molecule has 4 unspecified atom stereocenters. The lowest BCUT2D eigenvalue weighted by Crippen LogP contribution is -2.57. The van der Waals surface area contributed by atoms with Crippen LogP contribution < -0.4 is 0 Å². The molecule has 0 aromatic heterocycles. The summed E-state index contributed by atoms with van der Waals surface area (Å²) in [6, 6.07) is 9.19. The van der Waals surface area contributed by atoms with E-state index in [1.165, 1.54) is 24.8 Å². The van der Waals surface area contributed by atoms with Gasteiger partial charge in [0, 0.05) is 11.3 Å². The normalized spacial score (nSPS) is 31.0. The van der Waals surface area contributed by atoms with Gasteiger partial charge in [0.1, 0.15) is 0 Å². The smallest absolute Gasteiger partial charge is 0.0301 e. The van der Waals surface area contributed by atoms with Crippen molar-refractivity contribution in [2.24, 2.45) is 11.8 Å². The molecule has 4 rings (SSSR count). The fourth-order valence-corrected chi connectivity index (χ4v) is 5.05. The van der Waals surface area contributed by atoms with Gasteiger partial charge in [-0.2, -0.15) is 0 Å². The number of rotatable bonds is 1. The van der Waals surface area contributed by atoms with Gasteiger partial charge in [0.25, 0.3) is 0 Å². The van der Waals surface area contributed by atoms with Gasteiger partial charge in [0.2, 0.25) is 0 Å². The van der Waals surface area contributed by atoms with E-state index in [4.69, 9.17) is 0 Å². The summed E-state index contributed by atoms with van der Waals surface area (Å²) in [7, 11) is 0. The Kier molecular flexibility index (Phi) is 7.09. The maximum Gasteiger partial charge on any atom is 0.0301 e. The molecular formula is C26H38. The molecule has 4 atom stereocenters. The second-order valence-electron chi connectivity index (χ2n) is 7.82. The highest BCUT2D eigenvalue weighted by molar-refractivity contribution is 5.63. The van der Waals surface area contributed by atoms with Crippen molar-refractivity contribution in [1.29, 1.82) is 0 Å². The zero-order valence-electron chi connectivity index (χ0n) is 18.0. The lowest BCUT2D eigenvalue weighted by atomic mass is 9.39. The molecule has 3 aliphatic rings. The van der Waals surface area contributed by atoms with Crippen LogP contribution in [-0.4, -0.2) is 0 Å². The van der Waals surface area contributed by atoms with Crippen LogP contribution in [0.3, 0.4) is 0 Å². The first-order valence-electron chi connectivity index (χ1n) is 10.6. The molecule has 1 spiro atoms. The van der Waals surface area contributed by atoms with E-state index in [1.54, 1.807) is 16.7 Å². The molecule has 0 saturated heterocycles. The second-order valence-corrected chi connectivity index (χ2v) is 7.82. The molecule has 0 saturated carbocycles. The Labute approximate surface area is 162 Å². The van der Waals surface area contributed by atoms with Gasteiger partial charge in [-0.3, -0.25) is 0 Å². The van der Waals surface area contributed by atoms with E-state index in [0.29, 0.717) is 11.3 Å². The average Bonchev–Trinajstić information content (AvgIpc) is 2.63. The first-order valence-corrected chi connectivity index (χ1v) is 10.6. The molecule has 0 bridgehead atoms. The van der Waals surface area contributed by atoms with Crippen molar-refractivity contribution in [3.05, 3.63) is 70.8 Å². The molecule has 0 N–H and O–H groups in total. The third-order valence-corrected chi connectivity index (χ3v) is 6.32. The van der Waals surface area contributed by atoms with Crippen LogP contribution in [0.5, 0.6) is 0 Å². The van der Waals surface area contributed by atoms with Crippen LogP contribution in [0.2, 0.25) is 0 Å². The van der Waals surface area contributed by atoms with Gasteiger partial charge in [-0.05, 0) is 63.0 Å². The van der Waals surface area contributed by atoms with Crippen molar-refractivity contribution in [2.45, 2.75) is 79.1 Å². The van der Waals surface area contributed by atoms with Crippen LogP contribution in [0, 0.1) is 11.8 Å². The molecule has 1 aromatic rings. The van der Waals surface area contributed by atoms with Crippen LogP contribution in [0.25, 0.3) is 0 Å². The van der Waals surface area contributed by atoms with Gasteiger partial charge in [0.15, 0.2) is 0 Å². The van der Waals surface area contributed by atoms with E-state index in [2.05, 4.69) is 76.3 Å². The zero-order valence-corrected chi connectivity index (χ0v) is 18.0. The number of hydrogen-bond acceptors (Lipinski definition) is 0. The van der Waals surface area contributed by atoms with Crippen molar-refractivity contribution in [3.63, 3.8) is 0 Å². The summed E-state index contributed by atoms with van der Waals surface area (Å²) < 4.78 is 0. The van der Waals surface area contributed by atoms with Crippen LogP contribution in [0.15, 0.2) is 59.7 Å². The number of allylic oxidation sites excluding steroid dienone is 6. The highest BCUT2D eigenvalue weighted by Gasteiger charge is 2.62. The summed E-state index contributed by atoms with van der Waals surface area (Å²) in [4.78, 5) is 0. The molecule has 0 radical (unpaired) electrons. The van der Waals surface area contributed by atoms with Crippen molar-refractivity contribution < 1.29 is 0 Å². The zero-order chi connectivity index (χ0) is 19.3. The van der Waals surface area contributed by atoms with Crippen molar-refractivity contribution >= 4 is 0 Å². The van der Waals surface area contributed by atoms with Crippen LogP contribution >= 0.6 is 0 Å². The Morgan fingerprint density at radius 2 is 1.85 bits per heavy atom. The maximum absolute atomic E-state index is 2.58. The summed E-state index contributed by atoms with van der Waals surface area (Å²) >= 11 is 0.